The van der Waals surface area contributed by atoms with Crippen LogP contribution in [0.5, 0.6) is 0 Å². The molecule has 0 aliphatic rings. The van der Waals surface area contributed by atoms with E-state index in [1.807, 2.05) is 6.92 Å². The molecule has 8 heteroatoms. The molecule has 0 aliphatic heterocycles. The lowest BCUT2D eigenvalue weighted by molar-refractivity contribution is 0.476. The molecule has 0 amide bonds. The van der Waals surface area contributed by atoms with Gasteiger partial charge in [-0.1, -0.05) is 12.2 Å². The summed E-state index contributed by atoms with van der Waals surface area (Å²) < 4.78 is 27.4. The summed E-state index contributed by atoms with van der Waals surface area (Å²) in [5.74, 6) is 0.679. The standard InChI is InChI=1S/C10H18N4O2S2/c1-4-14-7-10(12-8(14)2)18(15,16)13(3)6-5-9(11)17/h7H,4-6H2,1-3H3,(H2,11,17). The van der Waals surface area contributed by atoms with Gasteiger partial charge >= 0.3 is 0 Å². The molecule has 0 unspecified atom stereocenters. The van der Waals surface area contributed by atoms with Gasteiger partial charge in [-0.2, -0.15) is 4.31 Å². The van der Waals surface area contributed by atoms with Gasteiger partial charge in [0, 0.05) is 32.8 Å². The van der Waals surface area contributed by atoms with Crippen LogP contribution in [0.1, 0.15) is 19.2 Å². The van der Waals surface area contributed by atoms with Gasteiger partial charge in [0.2, 0.25) is 0 Å². The number of rotatable bonds is 6. The number of imidazole rings is 1. The fraction of sp³-hybridized carbons (Fsp3) is 0.600. The molecule has 1 rings (SSSR count). The van der Waals surface area contributed by atoms with Crippen LogP contribution in [0.3, 0.4) is 0 Å². The van der Waals surface area contributed by atoms with Crippen LogP contribution < -0.4 is 5.73 Å². The summed E-state index contributed by atoms with van der Waals surface area (Å²) in [5, 5.41) is 0.0623. The van der Waals surface area contributed by atoms with E-state index in [0.29, 0.717) is 23.8 Å². The highest BCUT2D eigenvalue weighted by Crippen LogP contribution is 2.14. The lowest BCUT2D eigenvalue weighted by Gasteiger charge is -2.14. The van der Waals surface area contributed by atoms with E-state index in [-0.39, 0.29) is 11.6 Å². The average molecular weight is 290 g/mol. The van der Waals surface area contributed by atoms with Crippen molar-refractivity contribution in [1.82, 2.24) is 13.9 Å². The topological polar surface area (TPSA) is 81.2 Å². The normalized spacial score (nSPS) is 12.0. The molecule has 18 heavy (non-hydrogen) atoms. The van der Waals surface area contributed by atoms with E-state index in [2.05, 4.69) is 4.98 Å². The van der Waals surface area contributed by atoms with Gasteiger partial charge in [-0.3, -0.25) is 0 Å². The number of thiocarbonyl (C=S) groups is 1. The molecule has 0 saturated carbocycles. The number of hydrogen-bond acceptors (Lipinski definition) is 4. The fourth-order valence-electron chi connectivity index (χ4n) is 1.47. The van der Waals surface area contributed by atoms with Gasteiger partial charge in [-0.25, -0.2) is 13.4 Å². The number of aromatic nitrogens is 2. The Hall–Kier alpha value is -0.990. The molecule has 2 N–H and O–H groups in total. The minimum absolute atomic E-state index is 0.0623. The number of aryl methyl sites for hydroxylation is 2. The Morgan fingerprint density at radius 2 is 2.22 bits per heavy atom. The monoisotopic (exact) mass is 290 g/mol. The Morgan fingerprint density at radius 1 is 1.61 bits per heavy atom. The van der Waals surface area contributed by atoms with E-state index in [0.717, 1.165) is 0 Å². The van der Waals surface area contributed by atoms with Gasteiger partial charge in [0.25, 0.3) is 10.0 Å². The maximum atomic E-state index is 12.2. The van der Waals surface area contributed by atoms with Gasteiger partial charge in [-0.15, -0.1) is 0 Å². The Labute approximate surface area is 113 Å². The molecule has 0 aromatic carbocycles. The van der Waals surface area contributed by atoms with Crippen molar-refractivity contribution in [2.45, 2.75) is 31.8 Å². The molecule has 0 saturated heterocycles. The highest BCUT2D eigenvalue weighted by molar-refractivity contribution is 7.89. The van der Waals surface area contributed by atoms with Gasteiger partial charge in [0.1, 0.15) is 5.82 Å². The molecule has 1 aromatic heterocycles. The van der Waals surface area contributed by atoms with Crippen molar-refractivity contribution in [1.29, 1.82) is 0 Å². The van der Waals surface area contributed by atoms with E-state index in [4.69, 9.17) is 18.0 Å². The molecule has 6 nitrogen and oxygen atoms in total. The molecule has 0 fully saturated rings. The van der Waals surface area contributed by atoms with Crippen molar-refractivity contribution in [3.05, 3.63) is 12.0 Å². The van der Waals surface area contributed by atoms with Gasteiger partial charge in [0.05, 0.1) is 4.99 Å². The van der Waals surface area contributed by atoms with Gasteiger partial charge < -0.3 is 10.3 Å². The number of nitrogens with zero attached hydrogens (tertiary/aromatic N) is 3. The Balaban J connectivity index is 2.94. The third-order valence-electron chi connectivity index (χ3n) is 2.64. The SMILES string of the molecule is CCn1cc(S(=O)(=O)N(C)CCC(N)=S)nc1C. The molecular formula is C10H18N4O2S2. The van der Waals surface area contributed by atoms with Gasteiger partial charge in [0.15, 0.2) is 5.03 Å². The first-order valence-corrected chi connectivity index (χ1v) is 7.42. The van der Waals surface area contributed by atoms with Crippen molar-refractivity contribution in [2.75, 3.05) is 13.6 Å². The minimum Gasteiger partial charge on any atom is -0.393 e. The molecule has 0 atom stereocenters. The quantitative estimate of drug-likeness (QED) is 0.772. The first-order chi connectivity index (χ1) is 8.28. The molecular weight excluding hydrogens is 272 g/mol. The maximum Gasteiger partial charge on any atom is 0.261 e. The van der Waals surface area contributed by atoms with Crippen molar-refractivity contribution < 1.29 is 8.42 Å². The van der Waals surface area contributed by atoms with Crippen LogP contribution in [0, 0.1) is 6.92 Å². The van der Waals surface area contributed by atoms with Crippen molar-refractivity contribution in [3.8, 4) is 0 Å². The first kappa shape index (κ1) is 15.1. The van der Waals surface area contributed by atoms with Gasteiger partial charge in [-0.05, 0) is 13.8 Å². The number of sulfonamides is 1. The number of nitrogens with two attached hydrogens (primary N) is 1. The van der Waals surface area contributed by atoms with Crippen LogP contribution in [0.4, 0.5) is 0 Å². The fourth-order valence-corrected chi connectivity index (χ4v) is 2.72. The largest absolute Gasteiger partial charge is 0.393 e. The summed E-state index contributed by atoms with van der Waals surface area (Å²) in [6.07, 6.45) is 1.90. The first-order valence-electron chi connectivity index (χ1n) is 5.57. The van der Waals surface area contributed by atoms with Crippen LogP contribution in [0.2, 0.25) is 0 Å². The van der Waals surface area contributed by atoms with E-state index in [1.165, 1.54) is 11.4 Å². The summed E-state index contributed by atoms with van der Waals surface area (Å²) in [5.41, 5.74) is 5.36. The van der Waals surface area contributed by atoms with Crippen LogP contribution >= 0.6 is 12.2 Å². The average Bonchev–Trinajstić information content (AvgIpc) is 2.67. The Morgan fingerprint density at radius 3 is 2.67 bits per heavy atom. The smallest absolute Gasteiger partial charge is 0.261 e. The van der Waals surface area contributed by atoms with Crippen LogP contribution in [-0.4, -0.2) is 40.9 Å². The Bertz CT molecular complexity index is 536. The predicted molar refractivity (Wildman–Crippen MR) is 73.9 cm³/mol. The summed E-state index contributed by atoms with van der Waals surface area (Å²) in [4.78, 5) is 4.37. The van der Waals surface area contributed by atoms with E-state index in [1.54, 1.807) is 17.7 Å². The second-order valence-electron chi connectivity index (χ2n) is 3.96. The summed E-state index contributed by atoms with van der Waals surface area (Å²) >= 11 is 4.73. The maximum absolute atomic E-state index is 12.2. The second kappa shape index (κ2) is 5.77. The van der Waals surface area contributed by atoms with Crippen molar-refractivity contribution >= 4 is 27.2 Å². The number of hydrogen-bond donors (Lipinski definition) is 1. The Kier molecular flexibility index (Phi) is 4.83. The summed E-state index contributed by atoms with van der Waals surface area (Å²) in [6.45, 7) is 4.65. The predicted octanol–water partition coefficient (Wildman–Crippen LogP) is 0.508. The van der Waals surface area contributed by atoms with E-state index < -0.39 is 10.0 Å². The van der Waals surface area contributed by atoms with Crippen molar-refractivity contribution in [2.24, 2.45) is 5.73 Å². The molecule has 0 radical (unpaired) electrons. The molecule has 1 heterocycles. The van der Waals surface area contributed by atoms with Crippen LogP contribution in [0.15, 0.2) is 11.2 Å². The third kappa shape index (κ3) is 3.27. The molecule has 102 valence electrons. The molecule has 0 aliphatic carbocycles. The lowest BCUT2D eigenvalue weighted by Crippen LogP contribution is -2.30. The lowest BCUT2D eigenvalue weighted by atomic mass is 10.4. The highest BCUT2D eigenvalue weighted by Gasteiger charge is 2.24. The van der Waals surface area contributed by atoms with E-state index in [9.17, 15) is 8.42 Å². The highest BCUT2D eigenvalue weighted by atomic mass is 32.2. The second-order valence-corrected chi connectivity index (χ2v) is 6.47. The molecule has 1 aromatic rings. The zero-order valence-electron chi connectivity index (χ0n) is 10.8. The minimum atomic E-state index is -3.56. The van der Waals surface area contributed by atoms with Crippen LogP contribution in [-0.2, 0) is 16.6 Å². The molecule has 0 bridgehead atoms. The summed E-state index contributed by atoms with van der Waals surface area (Å²) in [7, 11) is -2.07. The van der Waals surface area contributed by atoms with E-state index >= 15 is 0 Å². The van der Waals surface area contributed by atoms with Crippen LogP contribution in [0.25, 0.3) is 0 Å². The third-order valence-corrected chi connectivity index (χ3v) is 4.57. The summed E-state index contributed by atoms with van der Waals surface area (Å²) in [6, 6.07) is 0. The zero-order chi connectivity index (χ0) is 13.9. The van der Waals surface area contributed by atoms with Crippen molar-refractivity contribution in [3.63, 3.8) is 0 Å². The zero-order valence-corrected chi connectivity index (χ0v) is 12.4. The molecule has 0 spiro atoms.